The van der Waals surface area contributed by atoms with E-state index < -0.39 is 11.4 Å². The maximum absolute atomic E-state index is 14.2. The first-order valence-electron chi connectivity index (χ1n) is 10.6. The molecule has 3 aromatic rings. The van der Waals surface area contributed by atoms with Crippen LogP contribution in [0.15, 0.2) is 42.7 Å². The standard InChI is InChI=1S/C24H26FN5O/c1-15-4-5-16(30-13-17(14-30)29(2)3)12-18(15)23(31)28-24(8-9-24)19-6-10-27-22-20(25)7-11-26-21(19)22/h4-7,10-12,17H,8-9,13-14H2,1-3H3,(H,28,31). The number of carbonyl (C=O) groups is 1. The Labute approximate surface area is 181 Å². The van der Waals surface area contributed by atoms with Gasteiger partial charge >= 0.3 is 0 Å². The van der Waals surface area contributed by atoms with Crippen LogP contribution in [0.2, 0.25) is 0 Å². The molecule has 160 valence electrons. The van der Waals surface area contributed by atoms with E-state index in [0.717, 1.165) is 42.7 Å². The average Bonchev–Trinajstić information content (AvgIpc) is 3.48. The van der Waals surface area contributed by atoms with Crippen LogP contribution < -0.4 is 10.2 Å². The van der Waals surface area contributed by atoms with Crippen molar-refractivity contribution < 1.29 is 9.18 Å². The highest BCUT2D eigenvalue weighted by molar-refractivity contribution is 5.98. The Hall–Kier alpha value is -3.06. The number of rotatable bonds is 5. The number of anilines is 1. The first-order valence-corrected chi connectivity index (χ1v) is 10.6. The summed E-state index contributed by atoms with van der Waals surface area (Å²) < 4.78 is 14.2. The van der Waals surface area contributed by atoms with E-state index in [0.29, 0.717) is 17.1 Å². The number of amides is 1. The van der Waals surface area contributed by atoms with E-state index in [-0.39, 0.29) is 11.4 Å². The number of fused-ring (bicyclic) bond motifs is 1. The molecule has 31 heavy (non-hydrogen) atoms. The van der Waals surface area contributed by atoms with Crippen LogP contribution in [-0.2, 0) is 5.54 Å². The third kappa shape index (κ3) is 3.43. The van der Waals surface area contributed by atoms with Gasteiger partial charge in [-0.1, -0.05) is 6.07 Å². The van der Waals surface area contributed by atoms with E-state index in [1.165, 1.54) is 12.3 Å². The summed E-state index contributed by atoms with van der Waals surface area (Å²) in [5, 5.41) is 3.23. The van der Waals surface area contributed by atoms with E-state index in [1.807, 2.05) is 25.1 Å². The summed E-state index contributed by atoms with van der Waals surface area (Å²) in [6, 6.07) is 9.76. The molecule has 6 nitrogen and oxygen atoms in total. The molecule has 1 N–H and O–H groups in total. The van der Waals surface area contributed by atoms with Crippen LogP contribution in [0.25, 0.3) is 11.0 Å². The molecule has 0 radical (unpaired) electrons. The molecule has 5 rings (SSSR count). The minimum atomic E-state index is -0.520. The molecule has 0 unspecified atom stereocenters. The van der Waals surface area contributed by atoms with E-state index in [1.54, 1.807) is 6.20 Å². The number of pyridine rings is 2. The van der Waals surface area contributed by atoms with Crippen molar-refractivity contribution in [3.63, 3.8) is 0 Å². The van der Waals surface area contributed by atoms with Crippen LogP contribution in [0.1, 0.15) is 34.3 Å². The molecule has 1 saturated heterocycles. The molecule has 1 aliphatic heterocycles. The lowest BCUT2D eigenvalue weighted by molar-refractivity contribution is 0.0930. The van der Waals surface area contributed by atoms with Crippen molar-refractivity contribution >= 4 is 22.6 Å². The van der Waals surface area contributed by atoms with Gasteiger partial charge in [-0.05, 0) is 63.7 Å². The lowest BCUT2D eigenvalue weighted by Gasteiger charge is -2.44. The number of carbonyl (C=O) groups excluding carboxylic acids is 1. The molecule has 2 fully saturated rings. The molecular weight excluding hydrogens is 393 g/mol. The van der Waals surface area contributed by atoms with Gasteiger partial charge in [-0.3, -0.25) is 14.8 Å². The molecule has 7 heteroatoms. The summed E-state index contributed by atoms with van der Waals surface area (Å²) in [6.45, 7) is 3.87. The van der Waals surface area contributed by atoms with Crippen molar-refractivity contribution in [3.05, 3.63) is 65.2 Å². The number of aryl methyl sites for hydroxylation is 1. The topological polar surface area (TPSA) is 61.4 Å². The van der Waals surface area contributed by atoms with Crippen LogP contribution in [0.4, 0.5) is 10.1 Å². The Bertz CT molecular complexity index is 1170. The van der Waals surface area contributed by atoms with Gasteiger partial charge in [-0.15, -0.1) is 0 Å². The second kappa shape index (κ2) is 7.27. The van der Waals surface area contributed by atoms with Crippen molar-refractivity contribution in [2.75, 3.05) is 32.1 Å². The fraction of sp³-hybridized carbons (Fsp3) is 0.375. The number of aromatic nitrogens is 2. The van der Waals surface area contributed by atoms with Gasteiger partial charge < -0.3 is 15.1 Å². The molecule has 1 amide bonds. The van der Waals surface area contributed by atoms with Crippen LogP contribution >= 0.6 is 0 Å². The lowest BCUT2D eigenvalue weighted by atomic mass is 10.0. The summed E-state index contributed by atoms with van der Waals surface area (Å²) in [5.41, 5.74) is 3.74. The number of nitrogens with one attached hydrogen (secondary N) is 1. The summed E-state index contributed by atoms with van der Waals surface area (Å²) in [6.07, 6.45) is 4.63. The number of benzene rings is 1. The molecule has 3 heterocycles. The van der Waals surface area contributed by atoms with Gasteiger partial charge in [0.25, 0.3) is 5.91 Å². The largest absolute Gasteiger partial charge is 0.368 e. The Balaban J connectivity index is 1.41. The van der Waals surface area contributed by atoms with Gasteiger partial charge in [0.15, 0.2) is 5.82 Å². The third-order valence-electron chi connectivity index (χ3n) is 6.62. The van der Waals surface area contributed by atoms with Crippen molar-refractivity contribution in [2.24, 2.45) is 0 Å². The highest BCUT2D eigenvalue weighted by Crippen LogP contribution is 2.47. The summed E-state index contributed by atoms with van der Waals surface area (Å²) in [4.78, 5) is 26.3. The molecule has 0 bridgehead atoms. The van der Waals surface area contributed by atoms with Crippen molar-refractivity contribution in [1.82, 2.24) is 20.2 Å². The first-order chi connectivity index (χ1) is 14.9. The Morgan fingerprint density at radius 1 is 1.13 bits per heavy atom. The Kier molecular flexibility index (Phi) is 4.66. The van der Waals surface area contributed by atoms with E-state index >= 15 is 0 Å². The van der Waals surface area contributed by atoms with Crippen LogP contribution in [0.3, 0.4) is 0 Å². The highest BCUT2D eigenvalue weighted by atomic mass is 19.1. The first kappa shape index (κ1) is 19.9. The summed E-state index contributed by atoms with van der Waals surface area (Å²) in [7, 11) is 4.18. The van der Waals surface area contributed by atoms with Gasteiger partial charge in [-0.2, -0.15) is 0 Å². The molecule has 0 atom stereocenters. The number of hydrogen-bond donors (Lipinski definition) is 1. The minimum absolute atomic E-state index is 0.108. The zero-order valence-corrected chi connectivity index (χ0v) is 18.0. The van der Waals surface area contributed by atoms with E-state index in [4.69, 9.17) is 0 Å². The van der Waals surface area contributed by atoms with Gasteiger partial charge in [0.2, 0.25) is 0 Å². The van der Waals surface area contributed by atoms with Gasteiger partial charge in [0, 0.05) is 48.3 Å². The number of halogens is 1. The third-order valence-corrected chi connectivity index (χ3v) is 6.62. The molecule has 2 aliphatic rings. The quantitative estimate of drug-likeness (QED) is 0.688. The lowest BCUT2D eigenvalue weighted by Crippen LogP contribution is -2.57. The van der Waals surface area contributed by atoms with Crippen molar-refractivity contribution in [3.8, 4) is 0 Å². The summed E-state index contributed by atoms with van der Waals surface area (Å²) in [5.74, 6) is -0.508. The van der Waals surface area contributed by atoms with E-state index in [2.05, 4.69) is 45.2 Å². The maximum Gasteiger partial charge on any atom is 0.252 e. The van der Waals surface area contributed by atoms with Gasteiger partial charge in [-0.25, -0.2) is 4.39 Å². The molecule has 1 saturated carbocycles. The predicted molar refractivity (Wildman–Crippen MR) is 119 cm³/mol. The van der Waals surface area contributed by atoms with Crippen LogP contribution in [0.5, 0.6) is 0 Å². The second-order valence-electron chi connectivity index (χ2n) is 8.91. The summed E-state index contributed by atoms with van der Waals surface area (Å²) >= 11 is 0. The zero-order chi connectivity index (χ0) is 21.8. The SMILES string of the molecule is Cc1ccc(N2CC(N(C)C)C2)cc1C(=O)NC1(c2ccnc3c(F)ccnc23)CC1. The van der Waals surface area contributed by atoms with Crippen LogP contribution in [0, 0.1) is 12.7 Å². The highest BCUT2D eigenvalue weighted by Gasteiger charge is 2.47. The normalized spacial score (nSPS) is 17.6. The number of hydrogen-bond acceptors (Lipinski definition) is 5. The van der Waals surface area contributed by atoms with Crippen molar-refractivity contribution in [1.29, 1.82) is 0 Å². The fourth-order valence-electron chi connectivity index (χ4n) is 4.32. The van der Waals surface area contributed by atoms with Gasteiger partial charge in [0.05, 0.1) is 11.1 Å². The molecular formula is C24H26FN5O. The predicted octanol–water partition coefficient (Wildman–Crippen LogP) is 3.25. The molecule has 2 aromatic heterocycles. The smallest absolute Gasteiger partial charge is 0.252 e. The molecule has 0 spiro atoms. The Morgan fingerprint density at radius 2 is 1.84 bits per heavy atom. The Morgan fingerprint density at radius 3 is 2.55 bits per heavy atom. The fourth-order valence-corrected chi connectivity index (χ4v) is 4.32. The zero-order valence-electron chi connectivity index (χ0n) is 18.0. The second-order valence-corrected chi connectivity index (χ2v) is 8.91. The molecule has 1 aliphatic carbocycles. The minimum Gasteiger partial charge on any atom is -0.368 e. The van der Waals surface area contributed by atoms with Crippen molar-refractivity contribution in [2.45, 2.75) is 31.3 Å². The van der Waals surface area contributed by atoms with E-state index in [9.17, 15) is 9.18 Å². The monoisotopic (exact) mass is 419 g/mol. The average molecular weight is 420 g/mol. The molecule has 1 aromatic carbocycles. The van der Waals surface area contributed by atoms with Gasteiger partial charge in [0.1, 0.15) is 5.52 Å². The number of nitrogens with zero attached hydrogens (tertiary/aromatic N) is 4. The number of likely N-dealkylation sites (N-methyl/N-ethyl adjacent to an activating group) is 1. The van der Waals surface area contributed by atoms with Crippen LogP contribution in [-0.4, -0.2) is 54.0 Å². The maximum atomic E-state index is 14.2.